The normalized spacial score (nSPS) is 19.5. The summed E-state index contributed by atoms with van der Waals surface area (Å²) in [5, 5.41) is 0. The number of ether oxygens (including phenoxy) is 2. The van der Waals surface area contributed by atoms with Gasteiger partial charge in [0.25, 0.3) is 0 Å². The average Bonchev–Trinajstić information content (AvgIpc) is 2.46. The number of piperidine rings is 1. The number of aromatic nitrogens is 1. The molecule has 1 aromatic heterocycles. The Bertz CT molecular complexity index is 596. The summed E-state index contributed by atoms with van der Waals surface area (Å²) < 4.78 is 11.6. The highest BCUT2D eigenvalue weighted by atomic mass is 16.6. The largest absolute Gasteiger partial charge is 0.482 e. The molecule has 22 heavy (non-hydrogen) atoms. The predicted octanol–water partition coefficient (Wildman–Crippen LogP) is 3.26. The molecule has 0 atom stereocenters. The zero-order chi connectivity index (χ0) is 15.8. The maximum absolute atomic E-state index is 12.1. The van der Waals surface area contributed by atoms with Crippen LogP contribution >= 0.6 is 0 Å². The molecular formula is C17H22N2O3. The molecule has 0 aliphatic carbocycles. The monoisotopic (exact) mass is 302 g/mol. The van der Waals surface area contributed by atoms with E-state index in [1.54, 1.807) is 17.3 Å². The SMILES string of the molecule is CC(C)(C)OC(=O)N1CCC2(C=Cc3cnccc3O2)CC1. The van der Waals surface area contributed by atoms with Crippen molar-refractivity contribution in [3.63, 3.8) is 0 Å². The summed E-state index contributed by atoms with van der Waals surface area (Å²) in [6.07, 6.45) is 9.00. The van der Waals surface area contributed by atoms with E-state index in [4.69, 9.17) is 9.47 Å². The Balaban J connectivity index is 1.64. The van der Waals surface area contributed by atoms with Crippen LogP contribution in [-0.4, -0.2) is 40.3 Å². The topological polar surface area (TPSA) is 51.7 Å². The van der Waals surface area contributed by atoms with Crippen LogP contribution in [0.1, 0.15) is 39.2 Å². The molecule has 0 radical (unpaired) electrons. The van der Waals surface area contributed by atoms with Crippen molar-refractivity contribution < 1.29 is 14.3 Å². The Labute approximate surface area is 130 Å². The van der Waals surface area contributed by atoms with Gasteiger partial charge in [-0.15, -0.1) is 0 Å². The van der Waals surface area contributed by atoms with E-state index in [9.17, 15) is 4.79 Å². The van der Waals surface area contributed by atoms with Gasteiger partial charge in [-0.3, -0.25) is 4.98 Å². The van der Waals surface area contributed by atoms with Crippen LogP contribution in [0.2, 0.25) is 0 Å². The highest BCUT2D eigenvalue weighted by molar-refractivity contribution is 5.68. The Hall–Kier alpha value is -2.04. The molecule has 0 aromatic carbocycles. The second kappa shape index (κ2) is 5.30. The minimum atomic E-state index is -0.459. The predicted molar refractivity (Wildman–Crippen MR) is 83.7 cm³/mol. The van der Waals surface area contributed by atoms with Gasteiger partial charge in [-0.1, -0.05) is 0 Å². The van der Waals surface area contributed by atoms with E-state index in [0.29, 0.717) is 13.1 Å². The number of carbonyl (C=O) groups is 1. The fourth-order valence-electron chi connectivity index (χ4n) is 2.77. The van der Waals surface area contributed by atoms with Crippen LogP contribution in [0.3, 0.4) is 0 Å². The Morgan fingerprint density at radius 3 is 2.77 bits per heavy atom. The molecule has 0 bridgehead atoms. The molecule has 118 valence electrons. The number of fused-ring (bicyclic) bond motifs is 1. The van der Waals surface area contributed by atoms with E-state index in [2.05, 4.69) is 17.1 Å². The molecule has 0 N–H and O–H groups in total. The standard InChI is InChI=1S/C17H22N2O3/c1-16(2,3)22-15(20)19-10-7-17(8-11-19)6-4-13-12-18-9-5-14(13)21-17/h4-6,9,12H,7-8,10-11H2,1-3H3. The lowest BCUT2D eigenvalue weighted by atomic mass is 9.88. The maximum Gasteiger partial charge on any atom is 0.410 e. The van der Waals surface area contributed by atoms with E-state index in [1.807, 2.05) is 26.8 Å². The van der Waals surface area contributed by atoms with Crippen LogP contribution < -0.4 is 4.74 Å². The van der Waals surface area contributed by atoms with Crippen LogP contribution in [0, 0.1) is 0 Å². The molecule has 5 heteroatoms. The lowest BCUT2D eigenvalue weighted by molar-refractivity contribution is -0.00103. The quantitative estimate of drug-likeness (QED) is 0.738. The summed E-state index contributed by atoms with van der Waals surface area (Å²) in [4.78, 5) is 18.0. The van der Waals surface area contributed by atoms with Crippen LogP contribution in [0.4, 0.5) is 4.79 Å². The first-order chi connectivity index (χ1) is 10.4. The Kier molecular flexibility index (Phi) is 3.59. The molecular weight excluding hydrogens is 280 g/mol. The molecule has 2 aliphatic heterocycles. The van der Waals surface area contributed by atoms with Gasteiger partial charge in [0.2, 0.25) is 0 Å². The third-order valence-corrected chi connectivity index (χ3v) is 3.95. The van der Waals surface area contributed by atoms with E-state index >= 15 is 0 Å². The summed E-state index contributed by atoms with van der Waals surface area (Å²) in [5.74, 6) is 0.864. The average molecular weight is 302 g/mol. The molecule has 2 aliphatic rings. The molecule has 3 rings (SSSR count). The second-order valence-corrected chi connectivity index (χ2v) is 6.88. The number of likely N-dealkylation sites (tertiary alicyclic amines) is 1. The van der Waals surface area contributed by atoms with Crippen molar-refractivity contribution >= 4 is 12.2 Å². The zero-order valence-electron chi connectivity index (χ0n) is 13.3. The van der Waals surface area contributed by atoms with E-state index in [1.165, 1.54) is 0 Å². The number of amides is 1. The van der Waals surface area contributed by atoms with E-state index < -0.39 is 5.60 Å². The molecule has 1 aromatic rings. The van der Waals surface area contributed by atoms with Crippen LogP contribution in [0.5, 0.6) is 5.75 Å². The van der Waals surface area contributed by atoms with Crippen molar-refractivity contribution in [1.29, 1.82) is 0 Å². The Morgan fingerprint density at radius 1 is 1.36 bits per heavy atom. The summed E-state index contributed by atoms with van der Waals surface area (Å²) >= 11 is 0. The first-order valence-electron chi connectivity index (χ1n) is 7.67. The number of carbonyl (C=O) groups excluding carboxylic acids is 1. The third-order valence-electron chi connectivity index (χ3n) is 3.95. The van der Waals surface area contributed by atoms with Gasteiger partial charge in [0.1, 0.15) is 17.0 Å². The summed E-state index contributed by atoms with van der Waals surface area (Å²) in [5.41, 5.74) is 0.231. The van der Waals surface area contributed by atoms with Crippen LogP contribution in [-0.2, 0) is 4.74 Å². The first kappa shape index (κ1) is 14.9. The van der Waals surface area contributed by atoms with Gasteiger partial charge < -0.3 is 14.4 Å². The van der Waals surface area contributed by atoms with Crippen molar-refractivity contribution in [2.24, 2.45) is 0 Å². The molecule has 5 nitrogen and oxygen atoms in total. The highest BCUT2D eigenvalue weighted by Gasteiger charge is 2.38. The number of nitrogens with zero attached hydrogens (tertiary/aromatic N) is 2. The van der Waals surface area contributed by atoms with Crippen molar-refractivity contribution in [3.8, 4) is 5.75 Å². The van der Waals surface area contributed by atoms with Crippen LogP contribution in [0.25, 0.3) is 6.08 Å². The van der Waals surface area contributed by atoms with E-state index in [0.717, 1.165) is 24.2 Å². The van der Waals surface area contributed by atoms with Gasteiger partial charge in [-0.25, -0.2) is 4.79 Å². The number of rotatable bonds is 0. The molecule has 1 fully saturated rings. The van der Waals surface area contributed by atoms with Gasteiger partial charge in [-0.2, -0.15) is 0 Å². The van der Waals surface area contributed by atoms with Gasteiger partial charge in [0.15, 0.2) is 0 Å². The first-order valence-corrected chi connectivity index (χ1v) is 7.67. The number of hydrogen-bond acceptors (Lipinski definition) is 4. The number of hydrogen-bond donors (Lipinski definition) is 0. The van der Waals surface area contributed by atoms with E-state index in [-0.39, 0.29) is 11.7 Å². The fraction of sp³-hybridized carbons (Fsp3) is 0.529. The molecule has 3 heterocycles. The third kappa shape index (κ3) is 3.08. The van der Waals surface area contributed by atoms with Gasteiger partial charge in [0.05, 0.1) is 0 Å². The minimum Gasteiger partial charge on any atom is -0.482 e. The van der Waals surface area contributed by atoms with Crippen molar-refractivity contribution in [1.82, 2.24) is 9.88 Å². The zero-order valence-corrected chi connectivity index (χ0v) is 13.3. The van der Waals surface area contributed by atoms with Crippen molar-refractivity contribution in [2.75, 3.05) is 13.1 Å². The van der Waals surface area contributed by atoms with Gasteiger partial charge >= 0.3 is 6.09 Å². The molecule has 1 saturated heterocycles. The molecule has 1 spiro atoms. The van der Waals surface area contributed by atoms with Crippen LogP contribution in [0.15, 0.2) is 24.5 Å². The fourth-order valence-corrected chi connectivity index (χ4v) is 2.77. The lowest BCUT2D eigenvalue weighted by Crippen LogP contribution is -2.50. The Morgan fingerprint density at radius 2 is 2.09 bits per heavy atom. The molecule has 0 saturated carbocycles. The summed E-state index contributed by atoms with van der Waals surface area (Å²) in [7, 11) is 0. The maximum atomic E-state index is 12.1. The summed E-state index contributed by atoms with van der Waals surface area (Å²) in [6, 6.07) is 1.89. The smallest absolute Gasteiger partial charge is 0.410 e. The minimum absolute atomic E-state index is 0.244. The second-order valence-electron chi connectivity index (χ2n) is 6.88. The lowest BCUT2D eigenvalue weighted by Gasteiger charge is -2.41. The number of pyridine rings is 1. The summed E-state index contributed by atoms with van der Waals surface area (Å²) in [6.45, 7) is 6.93. The molecule has 1 amide bonds. The molecule has 0 unspecified atom stereocenters. The van der Waals surface area contributed by atoms with Crippen molar-refractivity contribution in [3.05, 3.63) is 30.1 Å². The van der Waals surface area contributed by atoms with Gasteiger partial charge in [-0.05, 0) is 39.0 Å². The van der Waals surface area contributed by atoms with Crippen molar-refractivity contribution in [2.45, 2.75) is 44.8 Å². The van der Waals surface area contributed by atoms with Gasteiger partial charge in [0, 0.05) is 43.9 Å². The highest BCUT2D eigenvalue weighted by Crippen LogP contribution is 2.36.